The monoisotopic (exact) mass is 1270 g/mol. The molecular formula is C81H159NO8. The predicted octanol–water partition coefficient (Wildman–Crippen LogP) is 23.4. The van der Waals surface area contributed by atoms with Crippen LogP contribution in [0.3, 0.4) is 0 Å². The largest absolute Gasteiger partial charge is 0.394 e. The van der Waals surface area contributed by atoms with Gasteiger partial charge in [0.25, 0.3) is 0 Å². The molecule has 1 aliphatic heterocycles. The van der Waals surface area contributed by atoms with E-state index < -0.39 is 49.5 Å². The van der Waals surface area contributed by atoms with Gasteiger partial charge in [-0.1, -0.05) is 431 Å². The minimum atomic E-state index is -1.57. The number of carbonyl (C=O) groups excluding carboxylic acids is 1. The Kier molecular flexibility index (Phi) is 68.3. The van der Waals surface area contributed by atoms with Gasteiger partial charge in [0.2, 0.25) is 5.91 Å². The topological polar surface area (TPSA) is 149 Å². The molecule has 7 unspecified atom stereocenters. The number of aliphatic hydroxyl groups excluding tert-OH is 5. The van der Waals surface area contributed by atoms with Gasteiger partial charge in [0.1, 0.15) is 24.4 Å². The lowest BCUT2D eigenvalue weighted by molar-refractivity contribution is -0.302. The third-order valence-corrected chi connectivity index (χ3v) is 20.1. The number of unbranched alkanes of at least 4 members (excludes halogenated alkanes) is 64. The van der Waals surface area contributed by atoms with Gasteiger partial charge in [0, 0.05) is 6.42 Å². The third-order valence-electron chi connectivity index (χ3n) is 20.1. The van der Waals surface area contributed by atoms with Crippen molar-refractivity contribution in [1.82, 2.24) is 5.32 Å². The van der Waals surface area contributed by atoms with Crippen LogP contribution in [0.25, 0.3) is 0 Å². The van der Waals surface area contributed by atoms with Gasteiger partial charge in [-0.2, -0.15) is 0 Å². The van der Waals surface area contributed by atoms with E-state index in [1.54, 1.807) is 6.08 Å². The molecule has 0 aromatic carbocycles. The summed E-state index contributed by atoms with van der Waals surface area (Å²) in [6, 6.07) is -0.803. The van der Waals surface area contributed by atoms with Crippen molar-refractivity contribution in [2.75, 3.05) is 13.2 Å². The Balaban J connectivity index is 2.02. The fraction of sp³-hybridized carbons (Fsp3) is 0.963. The van der Waals surface area contributed by atoms with E-state index in [-0.39, 0.29) is 12.5 Å². The fourth-order valence-electron chi connectivity index (χ4n) is 13.8. The maximum Gasteiger partial charge on any atom is 0.220 e. The Morgan fingerprint density at radius 1 is 0.367 bits per heavy atom. The Hall–Kier alpha value is -1.07. The third kappa shape index (κ3) is 58.3. The van der Waals surface area contributed by atoms with Gasteiger partial charge in [-0.05, 0) is 19.3 Å². The molecule has 1 saturated heterocycles. The zero-order chi connectivity index (χ0) is 64.9. The van der Waals surface area contributed by atoms with Crippen molar-refractivity contribution in [1.29, 1.82) is 0 Å². The molecule has 0 saturated carbocycles. The first kappa shape index (κ1) is 86.9. The first-order valence-corrected chi connectivity index (χ1v) is 40.9. The molecule has 0 aliphatic carbocycles. The summed E-state index contributed by atoms with van der Waals surface area (Å²) in [6.45, 7) is 3.86. The molecule has 536 valence electrons. The van der Waals surface area contributed by atoms with Crippen molar-refractivity contribution in [3.05, 3.63) is 12.2 Å². The van der Waals surface area contributed by atoms with Crippen LogP contribution in [0.4, 0.5) is 0 Å². The average Bonchev–Trinajstić information content (AvgIpc) is 1.72. The number of rotatable bonds is 74. The number of hydrogen-bond donors (Lipinski definition) is 6. The summed E-state index contributed by atoms with van der Waals surface area (Å²) in [4.78, 5) is 13.2. The number of ether oxygens (including phenoxy) is 2. The minimum Gasteiger partial charge on any atom is -0.394 e. The van der Waals surface area contributed by atoms with Gasteiger partial charge >= 0.3 is 0 Å². The summed E-state index contributed by atoms with van der Waals surface area (Å²) in [5, 5.41) is 54.9. The van der Waals surface area contributed by atoms with Crippen molar-refractivity contribution in [3.8, 4) is 0 Å². The normalized spacial score (nSPS) is 17.7. The number of allylic oxidation sites excluding steroid dienone is 1. The van der Waals surface area contributed by atoms with Crippen LogP contribution in [0.5, 0.6) is 0 Å². The van der Waals surface area contributed by atoms with Gasteiger partial charge in [0.15, 0.2) is 6.29 Å². The Morgan fingerprint density at radius 2 is 0.611 bits per heavy atom. The maximum atomic E-state index is 13.2. The zero-order valence-corrected chi connectivity index (χ0v) is 60.4. The predicted molar refractivity (Wildman–Crippen MR) is 387 cm³/mol. The lowest BCUT2D eigenvalue weighted by atomic mass is 9.99. The van der Waals surface area contributed by atoms with Crippen LogP contribution in [-0.2, 0) is 14.3 Å². The highest BCUT2D eigenvalue weighted by atomic mass is 16.7. The standard InChI is InChI=1S/C81H159NO8/c1-3-5-7-9-11-13-15-17-19-21-23-25-27-29-31-32-33-34-35-36-37-38-39-40-41-42-43-44-45-47-49-51-53-55-57-59-61-63-65-67-69-71-77(85)82-74(73-89-81-80(88)79(87)78(86)76(72-83)90-81)75(84)70-68-66-64-62-60-58-56-54-52-50-48-46-30-28-26-24-22-20-18-16-14-12-10-8-6-4-2/h68,70,74-76,78-81,83-84,86-88H,3-67,69,71-73H2,1-2H3,(H,82,85)/b70-68+. The van der Waals surface area contributed by atoms with Gasteiger partial charge in [0.05, 0.1) is 25.4 Å². The van der Waals surface area contributed by atoms with Crippen LogP contribution in [0, 0.1) is 0 Å². The average molecular weight is 1280 g/mol. The Labute approximate surface area is 560 Å². The van der Waals surface area contributed by atoms with Crippen molar-refractivity contribution < 1.29 is 39.8 Å². The van der Waals surface area contributed by atoms with E-state index in [1.807, 2.05) is 6.08 Å². The molecule has 9 heteroatoms. The second kappa shape index (κ2) is 70.7. The molecule has 1 amide bonds. The minimum absolute atomic E-state index is 0.165. The summed E-state index contributed by atoms with van der Waals surface area (Å²) in [6.07, 6.45) is 86.7. The van der Waals surface area contributed by atoms with Crippen LogP contribution < -0.4 is 5.32 Å². The van der Waals surface area contributed by atoms with Crippen LogP contribution >= 0.6 is 0 Å². The Bertz CT molecular complexity index is 1430. The number of amides is 1. The zero-order valence-electron chi connectivity index (χ0n) is 60.4. The fourth-order valence-corrected chi connectivity index (χ4v) is 13.8. The molecule has 0 bridgehead atoms. The molecule has 1 aliphatic rings. The molecule has 0 aromatic heterocycles. The van der Waals surface area contributed by atoms with E-state index in [4.69, 9.17) is 9.47 Å². The quantitative estimate of drug-likeness (QED) is 0.0261. The van der Waals surface area contributed by atoms with Crippen LogP contribution in [0.2, 0.25) is 0 Å². The maximum absolute atomic E-state index is 13.2. The van der Waals surface area contributed by atoms with Crippen LogP contribution in [0.15, 0.2) is 12.2 Å². The van der Waals surface area contributed by atoms with E-state index >= 15 is 0 Å². The highest BCUT2D eigenvalue weighted by molar-refractivity contribution is 5.76. The van der Waals surface area contributed by atoms with Gasteiger partial charge < -0.3 is 40.3 Å². The van der Waals surface area contributed by atoms with E-state index in [0.29, 0.717) is 6.42 Å². The molecule has 1 rings (SSSR count). The summed E-state index contributed by atoms with van der Waals surface area (Å²) in [7, 11) is 0. The van der Waals surface area contributed by atoms with Gasteiger partial charge in [-0.15, -0.1) is 0 Å². The van der Waals surface area contributed by atoms with E-state index in [2.05, 4.69) is 19.2 Å². The van der Waals surface area contributed by atoms with Crippen molar-refractivity contribution in [3.63, 3.8) is 0 Å². The van der Waals surface area contributed by atoms with Crippen molar-refractivity contribution >= 4 is 5.91 Å². The van der Waals surface area contributed by atoms with Gasteiger partial charge in [-0.3, -0.25) is 4.79 Å². The molecule has 6 N–H and O–H groups in total. The molecule has 7 atom stereocenters. The van der Waals surface area contributed by atoms with E-state index in [1.165, 1.54) is 385 Å². The van der Waals surface area contributed by atoms with Crippen LogP contribution in [-0.4, -0.2) is 87.5 Å². The second-order valence-corrected chi connectivity index (χ2v) is 28.9. The number of nitrogens with one attached hydrogen (secondary N) is 1. The van der Waals surface area contributed by atoms with E-state index in [9.17, 15) is 30.3 Å². The second-order valence-electron chi connectivity index (χ2n) is 28.9. The molecule has 9 nitrogen and oxygen atoms in total. The highest BCUT2D eigenvalue weighted by Gasteiger charge is 2.44. The summed E-state index contributed by atoms with van der Waals surface area (Å²) >= 11 is 0. The summed E-state index contributed by atoms with van der Waals surface area (Å²) in [5.41, 5.74) is 0. The summed E-state index contributed by atoms with van der Waals surface area (Å²) < 4.78 is 11.3. The number of carbonyl (C=O) groups is 1. The first-order valence-electron chi connectivity index (χ1n) is 40.9. The lowest BCUT2D eigenvalue weighted by Crippen LogP contribution is -2.60. The van der Waals surface area contributed by atoms with Crippen LogP contribution in [0.1, 0.15) is 444 Å². The molecule has 1 heterocycles. The SMILES string of the molecule is CCCCCCCCCCCCCCCCCCCCCCCCCC/C=C/C(O)C(COC1OC(CO)C(O)C(O)C1O)NC(=O)CCCCCCCCCCCCCCCCCCCCCCCCCCCCCCCCCCCCCCCCCCC. The lowest BCUT2D eigenvalue weighted by Gasteiger charge is -2.40. The molecule has 0 radical (unpaired) electrons. The molecular weight excluding hydrogens is 1110 g/mol. The first-order chi connectivity index (χ1) is 44.3. The highest BCUT2D eigenvalue weighted by Crippen LogP contribution is 2.24. The number of hydrogen-bond acceptors (Lipinski definition) is 8. The van der Waals surface area contributed by atoms with Crippen molar-refractivity contribution in [2.45, 2.75) is 487 Å². The number of aliphatic hydroxyl groups is 5. The molecule has 1 fully saturated rings. The molecule has 0 aromatic rings. The van der Waals surface area contributed by atoms with Gasteiger partial charge in [-0.25, -0.2) is 0 Å². The molecule has 90 heavy (non-hydrogen) atoms. The van der Waals surface area contributed by atoms with Crippen molar-refractivity contribution in [2.24, 2.45) is 0 Å². The molecule has 0 spiro atoms. The smallest absolute Gasteiger partial charge is 0.220 e. The summed E-state index contributed by atoms with van der Waals surface area (Å²) in [5.74, 6) is -0.165. The van der Waals surface area contributed by atoms with E-state index in [0.717, 1.165) is 38.5 Å². The Morgan fingerprint density at radius 3 is 0.867 bits per heavy atom.